The van der Waals surface area contributed by atoms with Gasteiger partial charge in [-0.15, -0.1) is 0 Å². The van der Waals surface area contributed by atoms with Crippen molar-refractivity contribution in [2.75, 3.05) is 13.2 Å². The van der Waals surface area contributed by atoms with Crippen LogP contribution in [0.2, 0.25) is 9.45 Å². The van der Waals surface area contributed by atoms with Gasteiger partial charge >= 0.3 is 89.2 Å². The molecule has 3 nitrogen and oxygen atoms in total. The molecule has 0 aromatic carbocycles. The van der Waals surface area contributed by atoms with Crippen molar-refractivity contribution in [3.63, 3.8) is 0 Å². The van der Waals surface area contributed by atoms with Gasteiger partial charge in [-0.2, -0.15) is 0 Å². The van der Waals surface area contributed by atoms with Crippen LogP contribution in [0, 0.1) is 0 Å². The maximum absolute atomic E-state index is 12.6. The summed E-state index contributed by atoms with van der Waals surface area (Å²) in [5.41, 5.74) is 0. The van der Waals surface area contributed by atoms with Gasteiger partial charge < -0.3 is 0 Å². The second-order valence-electron chi connectivity index (χ2n) is 3.71. The SMILES string of the molecule is CCCC[O][Ti](=[O])([CH2]C)([CH2]C)[O]CC. The molecule has 0 saturated heterocycles. The van der Waals surface area contributed by atoms with Crippen LogP contribution in [0.1, 0.15) is 40.5 Å². The van der Waals surface area contributed by atoms with Crippen LogP contribution in [0.3, 0.4) is 0 Å². The standard InChI is InChI=1S/C4H9O.C2H5O.2C2H5.O.Ti/c1-2-3-4-5;1-2-3;2*1-2;;/h2-4H2,1H3;2H2,1H3;2*1H2,2H3;;/q2*-1;;;;+2. The third kappa shape index (κ3) is 3.89. The first-order chi connectivity index (χ1) is 6.54. The molecule has 0 aromatic rings. The summed E-state index contributed by atoms with van der Waals surface area (Å²) >= 11 is -4.21. The topological polar surface area (TPSA) is 35.5 Å². The van der Waals surface area contributed by atoms with E-state index in [2.05, 4.69) is 6.92 Å². The molecule has 0 atom stereocenters. The Bertz CT molecular complexity index is 205. The van der Waals surface area contributed by atoms with Crippen LogP contribution in [-0.4, -0.2) is 13.2 Å². The molecule has 0 fully saturated rings. The van der Waals surface area contributed by atoms with Gasteiger partial charge in [0, 0.05) is 0 Å². The predicted octanol–water partition coefficient (Wildman–Crippen LogP) is 3.58. The number of hydrogen-bond donors (Lipinski definition) is 0. The van der Waals surface area contributed by atoms with E-state index in [4.69, 9.17) is 6.64 Å². The van der Waals surface area contributed by atoms with Gasteiger partial charge in [-0.05, 0) is 0 Å². The Labute approximate surface area is 89.3 Å². The molecular weight excluding hydrogens is 216 g/mol. The quantitative estimate of drug-likeness (QED) is 0.480. The van der Waals surface area contributed by atoms with Gasteiger partial charge in [0.05, 0.1) is 0 Å². The van der Waals surface area contributed by atoms with Crippen molar-refractivity contribution in [2.24, 2.45) is 0 Å². The van der Waals surface area contributed by atoms with Crippen LogP contribution in [0.4, 0.5) is 0 Å². The summed E-state index contributed by atoms with van der Waals surface area (Å²) in [5.74, 6) is 0. The van der Waals surface area contributed by atoms with Crippen LogP contribution >= 0.6 is 0 Å². The minimum atomic E-state index is -4.21. The van der Waals surface area contributed by atoms with Crippen molar-refractivity contribution in [3.8, 4) is 0 Å². The zero-order chi connectivity index (χ0) is 11.1. The van der Waals surface area contributed by atoms with Crippen molar-refractivity contribution in [1.29, 1.82) is 0 Å². The summed E-state index contributed by atoms with van der Waals surface area (Å²) in [4.78, 5) is 0. The first kappa shape index (κ1) is 14.4. The Balaban J connectivity index is 4.44. The third-order valence-corrected chi connectivity index (χ3v) is 9.80. The van der Waals surface area contributed by atoms with Crippen molar-refractivity contribution in [2.45, 2.75) is 50.0 Å². The summed E-state index contributed by atoms with van der Waals surface area (Å²) in [6, 6.07) is 0. The van der Waals surface area contributed by atoms with E-state index in [1.54, 1.807) is 0 Å². The van der Waals surface area contributed by atoms with Gasteiger partial charge in [-0.3, -0.25) is 0 Å². The van der Waals surface area contributed by atoms with Gasteiger partial charge in [-0.1, -0.05) is 0 Å². The van der Waals surface area contributed by atoms with Crippen LogP contribution in [0.5, 0.6) is 0 Å². The zero-order valence-corrected chi connectivity index (χ0v) is 11.5. The predicted molar refractivity (Wildman–Crippen MR) is 54.1 cm³/mol. The van der Waals surface area contributed by atoms with Gasteiger partial charge in [0.1, 0.15) is 0 Å². The molecule has 0 unspecified atom stereocenters. The average Bonchev–Trinajstić information content (AvgIpc) is 2.19. The van der Waals surface area contributed by atoms with E-state index >= 15 is 0 Å². The normalized spacial score (nSPS) is 13.2. The van der Waals surface area contributed by atoms with E-state index in [0.717, 1.165) is 12.8 Å². The molecule has 0 amide bonds. The fourth-order valence-corrected chi connectivity index (χ4v) is 5.59. The molecule has 0 heterocycles. The fourth-order valence-electron chi connectivity index (χ4n) is 1.47. The zero-order valence-electron chi connectivity index (χ0n) is 9.97. The van der Waals surface area contributed by atoms with E-state index in [0.29, 0.717) is 22.7 Å². The molecule has 0 saturated carbocycles. The van der Waals surface area contributed by atoms with Crippen LogP contribution in [-0.2, 0) is 26.0 Å². The molecule has 0 rings (SSSR count). The number of rotatable bonds is 8. The Hall–Kier alpha value is 0.434. The molecular formula is C10H24O3Ti. The second-order valence-corrected chi connectivity index (χ2v) is 11.1. The Morgan fingerprint density at radius 2 is 1.57 bits per heavy atom. The van der Waals surface area contributed by atoms with Crippen molar-refractivity contribution < 1.29 is 26.0 Å². The van der Waals surface area contributed by atoms with E-state index in [1.807, 2.05) is 20.8 Å². The Kier molecular flexibility index (Phi) is 6.30. The van der Waals surface area contributed by atoms with E-state index < -0.39 is 16.1 Å². The summed E-state index contributed by atoms with van der Waals surface area (Å²) in [5, 5.41) is 0. The number of unbranched alkanes of at least 4 members (excludes halogenated alkanes) is 1. The molecule has 0 aliphatic heterocycles. The van der Waals surface area contributed by atoms with Crippen molar-refractivity contribution in [3.05, 3.63) is 0 Å². The molecule has 0 N–H and O–H groups in total. The van der Waals surface area contributed by atoms with Gasteiger partial charge in [0.15, 0.2) is 0 Å². The first-order valence-electron chi connectivity index (χ1n) is 5.73. The summed E-state index contributed by atoms with van der Waals surface area (Å²) < 4.78 is 24.8. The van der Waals surface area contributed by atoms with Crippen LogP contribution < -0.4 is 0 Å². The van der Waals surface area contributed by atoms with Crippen LogP contribution in [0.15, 0.2) is 0 Å². The summed E-state index contributed by atoms with van der Waals surface area (Å²) in [6.45, 7) is 8.81. The van der Waals surface area contributed by atoms with E-state index in [1.165, 1.54) is 0 Å². The van der Waals surface area contributed by atoms with Gasteiger partial charge in [0.25, 0.3) is 0 Å². The van der Waals surface area contributed by atoms with E-state index in [9.17, 15) is 3.32 Å². The summed E-state index contributed by atoms with van der Waals surface area (Å²) in [6.07, 6.45) is 2.01. The molecule has 0 radical (unpaired) electrons. The Morgan fingerprint density at radius 1 is 1.00 bits per heavy atom. The molecule has 0 bridgehead atoms. The molecule has 0 aliphatic carbocycles. The van der Waals surface area contributed by atoms with Crippen LogP contribution in [0.25, 0.3) is 0 Å². The van der Waals surface area contributed by atoms with Crippen molar-refractivity contribution in [1.82, 2.24) is 0 Å². The molecule has 14 heavy (non-hydrogen) atoms. The molecule has 0 aliphatic rings. The minimum absolute atomic E-state index is 0.481. The fraction of sp³-hybridized carbons (Fsp3) is 1.00. The molecule has 4 heteroatoms. The van der Waals surface area contributed by atoms with Gasteiger partial charge in [0.2, 0.25) is 0 Å². The Morgan fingerprint density at radius 3 is 1.93 bits per heavy atom. The molecule has 0 spiro atoms. The molecule has 86 valence electrons. The first-order valence-corrected chi connectivity index (χ1v) is 9.85. The summed E-state index contributed by atoms with van der Waals surface area (Å²) in [7, 11) is 0. The maximum atomic E-state index is 12.6. The molecule has 0 aromatic heterocycles. The monoisotopic (exact) mass is 240 g/mol. The third-order valence-electron chi connectivity index (χ3n) is 2.75. The van der Waals surface area contributed by atoms with Gasteiger partial charge in [-0.25, -0.2) is 0 Å². The average molecular weight is 240 g/mol. The van der Waals surface area contributed by atoms with Crippen molar-refractivity contribution >= 4 is 0 Å². The van der Waals surface area contributed by atoms with E-state index in [-0.39, 0.29) is 0 Å². The number of hydrogen-bond acceptors (Lipinski definition) is 3. The second kappa shape index (κ2) is 6.11.